The fraction of sp³-hybridized carbons (Fsp3) is 0.357. The van der Waals surface area contributed by atoms with E-state index in [0.29, 0.717) is 6.54 Å². The van der Waals surface area contributed by atoms with Crippen LogP contribution in [0.2, 0.25) is 0 Å². The Hall–Kier alpha value is -1.70. The number of benzene rings is 1. The molecule has 1 aromatic carbocycles. The van der Waals surface area contributed by atoms with E-state index in [1.54, 1.807) is 43.0 Å². The van der Waals surface area contributed by atoms with Gasteiger partial charge >= 0.3 is 0 Å². The predicted octanol–water partition coefficient (Wildman–Crippen LogP) is 1.27. The topological polar surface area (TPSA) is 90.0 Å². The highest BCUT2D eigenvalue weighted by Crippen LogP contribution is 2.15. The molecule has 2 unspecified atom stereocenters. The van der Waals surface area contributed by atoms with E-state index in [1.165, 1.54) is 0 Å². The Morgan fingerprint density at radius 2 is 1.95 bits per heavy atom. The van der Waals surface area contributed by atoms with Crippen molar-refractivity contribution in [3.8, 4) is 0 Å². The number of sulfonamides is 1. The Kier molecular flexibility index (Phi) is 4.76. The first kappa shape index (κ1) is 15.7. The van der Waals surface area contributed by atoms with Gasteiger partial charge in [0.05, 0.1) is 11.2 Å². The van der Waals surface area contributed by atoms with Gasteiger partial charge in [-0.2, -0.15) is 0 Å². The lowest BCUT2D eigenvalue weighted by Crippen LogP contribution is -2.35. The van der Waals surface area contributed by atoms with Crippen molar-refractivity contribution in [2.24, 2.45) is 5.73 Å². The lowest BCUT2D eigenvalue weighted by Gasteiger charge is -2.15. The van der Waals surface area contributed by atoms with Crippen molar-refractivity contribution in [1.29, 1.82) is 0 Å². The number of nitrogens with zero attached hydrogens (tertiary/aromatic N) is 2. The van der Waals surface area contributed by atoms with Gasteiger partial charge in [-0.25, -0.2) is 18.1 Å². The van der Waals surface area contributed by atoms with E-state index < -0.39 is 10.0 Å². The third kappa shape index (κ3) is 4.13. The smallest absolute Gasteiger partial charge is 0.240 e. The predicted molar refractivity (Wildman–Crippen MR) is 81.1 cm³/mol. The van der Waals surface area contributed by atoms with Crippen molar-refractivity contribution >= 4 is 10.0 Å². The van der Waals surface area contributed by atoms with Gasteiger partial charge < -0.3 is 10.3 Å². The lowest BCUT2D eigenvalue weighted by molar-refractivity contribution is 0.520. The number of rotatable bonds is 6. The monoisotopic (exact) mass is 308 g/mol. The lowest BCUT2D eigenvalue weighted by atomic mass is 10.1. The molecule has 21 heavy (non-hydrogen) atoms. The molecule has 0 aliphatic carbocycles. The maximum Gasteiger partial charge on any atom is 0.240 e. The molecule has 0 saturated carbocycles. The highest BCUT2D eigenvalue weighted by molar-refractivity contribution is 7.89. The van der Waals surface area contributed by atoms with Crippen molar-refractivity contribution < 1.29 is 8.42 Å². The largest absolute Gasteiger partial charge is 0.336 e. The van der Waals surface area contributed by atoms with Crippen LogP contribution in [0.25, 0.3) is 0 Å². The third-order valence-corrected chi connectivity index (χ3v) is 4.72. The van der Waals surface area contributed by atoms with Gasteiger partial charge in [0.25, 0.3) is 0 Å². The number of nitrogens with two attached hydrogens (primary N) is 1. The molecule has 0 radical (unpaired) electrons. The molecule has 0 amide bonds. The van der Waals surface area contributed by atoms with Gasteiger partial charge in [-0.15, -0.1) is 0 Å². The molecule has 0 aliphatic rings. The van der Waals surface area contributed by atoms with E-state index >= 15 is 0 Å². The zero-order chi connectivity index (χ0) is 15.5. The summed E-state index contributed by atoms with van der Waals surface area (Å²) < 4.78 is 29.0. The summed E-state index contributed by atoms with van der Waals surface area (Å²) in [5.74, 6) is 0. The van der Waals surface area contributed by atoms with E-state index in [0.717, 1.165) is 5.56 Å². The summed E-state index contributed by atoms with van der Waals surface area (Å²) in [5, 5.41) is 0. The van der Waals surface area contributed by atoms with Crippen molar-refractivity contribution in [3.05, 3.63) is 48.5 Å². The molecular formula is C14H20N4O2S. The van der Waals surface area contributed by atoms with Crippen LogP contribution in [0.5, 0.6) is 0 Å². The summed E-state index contributed by atoms with van der Waals surface area (Å²) in [7, 11) is -3.53. The SMILES string of the molecule is CC(Cn1ccnc1)NS(=O)(=O)c1ccc(C(C)N)cc1. The van der Waals surface area contributed by atoms with Crippen LogP contribution in [0, 0.1) is 0 Å². The summed E-state index contributed by atoms with van der Waals surface area (Å²) in [6, 6.07) is 6.27. The van der Waals surface area contributed by atoms with Crippen LogP contribution in [0.4, 0.5) is 0 Å². The normalized spacial score (nSPS) is 14.8. The van der Waals surface area contributed by atoms with Crippen LogP contribution in [-0.4, -0.2) is 24.0 Å². The van der Waals surface area contributed by atoms with Crippen LogP contribution < -0.4 is 10.5 Å². The van der Waals surface area contributed by atoms with Crippen molar-refractivity contribution in [3.63, 3.8) is 0 Å². The summed E-state index contributed by atoms with van der Waals surface area (Å²) in [4.78, 5) is 4.17. The molecule has 2 rings (SSSR count). The zero-order valence-corrected chi connectivity index (χ0v) is 12.9. The first-order chi connectivity index (χ1) is 9.88. The maximum atomic E-state index is 12.3. The minimum atomic E-state index is -3.53. The number of aromatic nitrogens is 2. The zero-order valence-electron chi connectivity index (χ0n) is 12.1. The Balaban J connectivity index is 2.07. The van der Waals surface area contributed by atoms with E-state index in [1.807, 2.05) is 18.4 Å². The molecule has 0 saturated heterocycles. The van der Waals surface area contributed by atoms with Gasteiger partial charge in [0, 0.05) is 31.0 Å². The molecule has 7 heteroatoms. The van der Waals surface area contributed by atoms with Gasteiger partial charge in [-0.1, -0.05) is 12.1 Å². The molecule has 114 valence electrons. The Morgan fingerprint density at radius 1 is 1.29 bits per heavy atom. The van der Waals surface area contributed by atoms with E-state index in [9.17, 15) is 8.42 Å². The molecule has 6 nitrogen and oxygen atoms in total. The van der Waals surface area contributed by atoms with Crippen LogP contribution >= 0.6 is 0 Å². The van der Waals surface area contributed by atoms with Crippen molar-refractivity contribution in [2.75, 3.05) is 0 Å². The van der Waals surface area contributed by atoms with Crippen LogP contribution in [0.1, 0.15) is 25.5 Å². The quantitative estimate of drug-likeness (QED) is 0.841. The van der Waals surface area contributed by atoms with Crippen LogP contribution in [-0.2, 0) is 16.6 Å². The van der Waals surface area contributed by atoms with Crippen molar-refractivity contribution in [2.45, 2.75) is 37.4 Å². The minimum absolute atomic E-state index is 0.116. The van der Waals surface area contributed by atoms with E-state index in [-0.39, 0.29) is 17.0 Å². The van der Waals surface area contributed by atoms with Crippen LogP contribution in [0.15, 0.2) is 47.9 Å². The minimum Gasteiger partial charge on any atom is -0.336 e. The molecule has 1 aromatic heterocycles. The number of hydrogen-bond acceptors (Lipinski definition) is 4. The number of hydrogen-bond donors (Lipinski definition) is 2. The second-order valence-corrected chi connectivity index (χ2v) is 6.85. The molecule has 0 aliphatic heterocycles. The highest BCUT2D eigenvalue weighted by atomic mass is 32.2. The number of nitrogens with one attached hydrogen (secondary N) is 1. The van der Waals surface area contributed by atoms with Gasteiger partial charge in [-0.05, 0) is 31.5 Å². The highest BCUT2D eigenvalue weighted by Gasteiger charge is 2.17. The van der Waals surface area contributed by atoms with Gasteiger partial charge in [0.15, 0.2) is 0 Å². The second kappa shape index (κ2) is 6.38. The Morgan fingerprint density at radius 3 is 2.48 bits per heavy atom. The van der Waals surface area contributed by atoms with Gasteiger partial charge in [0.2, 0.25) is 10.0 Å². The standard InChI is InChI=1S/C14H20N4O2S/c1-11(9-18-8-7-16-10-18)17-21(19,20)14-5-3-13(4-6-14)12(2)15/h3-8,10-12,17H,9,15H2,1-2H3. The molecule has 0 fully saturated rings. The molecule has 0 spiro atoms. The summed E-state index contributed by atoms with van der Waals surface area (Å²) in [6.45, 7) is 4.19. The fourth-order valence-electron chi connectivity index (χ4n) is 2.03. The van der Waals surface area contributed by atoms with E-state index in [2.05, 4.69) is 9.71 Å². The summed E-state index contributed by atoms with van der Waals surface area (Å²) in [5.41, 5.74) is 6.66. The summed E-state index contributed by atoms with van der Waals surface area (Å²) in [6.07, 6.45) is 5.11. The average molecular weight is 308 g/mol. The van der Waals surface area contributed by atoms with Gasteiger partial charge in [-0.3, -0.25) is 0 Å². The maximum absolute atomic E-state index is 12.3. The molecule has 2 atom stereocenters. The third-order valence-electron chi connectivity index (χ3n) is 3.12. The Bertz CT molecular complexity index is 664. The molecular weight excluding hydrogens is 288 g/mol. The molecule has 3 N–H and O–H groups in total. The molecule has 1 heterocycles. The molecule has 2 aromatic rings. The average Bonchev–Trinajstić information content (AvgIpc) is 2.90. The fourth-order valence-corrected chi connectivity index (χ4v) is 3.27. The van der Waals surface area contributed by atoms with E-state index in [4.69, 9.17) is 5.73 Å². The summed E-state index contributed by atoms with van der Waals surface area (Å²) >= 11 is 0. The van der Waals surface area contributed by atoms with Crippen molar-refractivity contribution in [1.82, 2.24) is 14.3 Å². The van der Waals surface area contributed by atoms with Gasteiger partial charge in [0.1, 0.15) is 0 Å². The second-order valence-electron chi connectivity index (χ2n) is 5.14. The van der Waals surface area contributed by atoms with Crippen LogP contribution in [0.3, 0.4) is 0 Å². The first-order valence-electron chi connectivity index (χ1n) is 6.72. The first-order valence-corrected chi connectivity index (χ1v) is 8.20. The molecule has 0 bridgehead atoms. The number of imidazole rings is 1. The Labute approximate surface area is 125 Å².